The molecule has 8 heteroatoms. The van der Waals surface area contributed by atoms with Crippen molar-refractivity contribution in [1.29, 1.82) is 0 Å². The van der Waals surface area contributed by atoms with E-state index >= 15 is 0 Å². The van der Waals surface area contributed by atoms with Gasteiger partial charge in [0.1, 0.15) is 17.0 Å². The summed E-state index contributed by atoms with van der Waals surface area (Å²) in [6.45, 7) is 5.74. The highest BCUT2D eigenvalue weighted by atomic mass is 16.6. The largest absolute Gasteiger partial charge is 0.506 e. The molecule has 148 valence electrons. The third-order valence-electron chi connectivity index (χ3n) is 3.51. The first-order valence-corrected chi connectivity index (χ1v) is 8.68. The quantitative estimate of drug-likeness (QED) is 0.629. The average molecular weight is 385 g/mol. The van der Waals surface area contributed by atoms with Gasteiger partial charge in [-0.05, 0) is 69.2 Å². The topological polar surface area (TPSA) is 121 Å². The van der Waals surface area contributed by atoms with E-state index in [2.05, 4.69) is 15.5 Å². The summed E-state index contributed by atoms with van der Waals surface area (Å²) in [5, 5.41) is 29.5. The molecule has 2 aromatic carbocycles. The van der Waals surface area contributed by atoms with Crippen molar-refractivity contribution in [3.8, 4) is 5.75 Å². The number of carbonyl (C=O) groups excluding carboxylic acids is 1. The Kier molecular flexibility index (Phi) is 6.70. The number of amides is 1. The predicted molar refractivity (Wildman–Crippen MR) is 104 cm³/mol. The molecule has 0 fully saturated rings. The number of alkyl carbamates (subject to hydrolysis) is 1. The van der Waals surface area contributed by atoms with Gasteiger partial charge in [-0.25, -0.2) is 9.59 Å². The zero-order chi connectivity index (χ0) is 20.7. The molecule has 2 rings (SSSR count). The first-order valence-electron chi connectivity index (χ1n) is 8.68. The van der Waals surface area contributed by atoms with Gasteiger partial charge in [-0.2, -0.15) is 5.11 Å². The Morgan fingerprint density at radius 3 is 2.36 bits per heavy atom. The van der Waals surface area contributed by atoms with Crippen LogP contribution in [-0.4, -0.2) is 34.4 Å². The summed E-state index contributed by atoms with van der Waals surface area (Å²) in [5.41, 5.74) is 1.18. The number of nitrogens with zero attached hydrogens (tertiary/aromatic N) is 2. The highest BCUT2D eigenvalue weighted by molar-refractivity contribution is 5.87. The molecule has 2 aromatic rings. The van der Waals surface area contributed by atoms with Crippen molar-refractivity contribution in [3.05, 3.63) is 53.6 Å². The van der Waals surface area contributed by atoms with Crippen LogP contribution in [0.1, 0.15) is 36.7 Å². The number of carbonyl (C=O) groups is 2. The number of aromatic carboxylic acids is 1. The second-order valence-corrected chi connectivity index (χ2v) is 7.05. The molecule has 0 saturated carbocycles. The second-order valence-electron chi connectivity index (χ2n) is 7.05. The highest BCUT2D eigenvalue weighted by Crippen LogP contribution is 2.29. The molecule has 3 N–H and O–H groups in total. The van der Waals surface area contributed by atoms with E-state index in [0.29, 0.717) is 18.7 Å². The maximum absolute atomic E-state index is 11.7. The van der Waals surface area contributed by atoms with E-state index in [4.69, 9.17) is 9.84 Å². The summed E-state index contributed by atoms with van der Waals surface area (Å²) in [6.07, 6.45) is 0.0333. The van der Waals surface area contributed by atoms with Gasteiger partial charge in [0.25, 0.3) is 0 Å². The van der Waals surface area contributed by atoms with Gasteiger partial charge in [-0.3, -0.25) is 0 Å². The Morgan fingerprint density at radius 1 is 1.07 bits per heavy atom. The van der Waals surface area contributed by atoms with Crippen LogP contribution in [0.2, 0.25) is 0 Å². The molecule has 0 aliphatic carbocycles. The Hall–Kier alpha value is -3.42. The first kappa shape index (κ1) is 20.9. The van der Waals surface area contributed by atoms with E-state index in [9.17, 15) is 14.7 Å². The highest BCUT2D eigenvalue weighted by Gasteiger charge is 2.15. The number of phenols is 1. The third-order valence-corrected chi connectivity index (χ3v) is 3.51. The normalized spacial score (nSPS) is 11.4. The molecule has 0 heterocycles. The van der Waals surface area contributed by atoms with Crippen molar-refractivity contribution in [2.75, 3.05) is 6.54 Å². The average Bonchev–Trinajstić information content (AvgIpc) is 2.60. The molecule has 0 spiro atoms. The summed E-state index contributed by atoms with van der Waals surface area (Å²) < 4.78 is 5.17. The van der Waals surface area contributed by atoms with E-state index in [1.54, 1.807) is 32.9 Å². The van der Waals surface area contributed by atoms with E-state index < -0.39 is 17.7 Å². The van der Waals surface area contributed by atoms with Crippen LogP contribution >= 0.6 is 0 Å². The number of carboxylic acids is 1. The summed E-state index contributed by atoms with van der Waals surface area (Å²) in [5.74, 6) is -1.05. The van der Waals surface area contributed by atoms with Gasteiger partial charge >= 0.3 is 12.1 Å². The lowest BCUT2D eigenvalue weighted by Gasteiger charge is -2.19. The molecule has 0 unspecified atom stereocenters. The summed E-state index contributed by atoms with van der Waals surface area (Å²) >= 11 is 0. The summed E-state index contributed by atoms with van der Waals surface area (Å²) in [4.78, 5) is 22.5. The van der Waals surface area contributed by atoms with Gasteiger partial charge in [0.05, 0.1) is 11.3 Å². The molecular formula is C20H23N3O5. The molecular weight excluding hydrogens is 362 g/mol. The van der Waals surface area contributed by atoms with E-state index in [1.807, 2.05) is 0 Å². The molecule has 28 heavy (non-hydrogen) atoms. The lowest BCUT2D eigenvalue weighted by molar-refractivity contribution is 0.0528. The van der Waals surface area contributed by atoms with Crippen LogP contribution in [0.3, 0.4) is 0 Å². The van der Waals surface area contributed by atoms with Crippen LogP contribution < -0.4 is 5.32 Å². The third kappa shape index (κ3) is 6.71. The van der Waals surface area contributed by atoms with Crippen LogP contribution in [-0.2, 0) is 11.2 Å². The second kappa shape index (κ2) is 8.98. The molecule has 0 aromatic heterocycles. The monoisotopic (exact) mass is 385 g/mol. The van der Waals surface area contributed by atoms with Gasteiger partial charge in [0.15, 0.2) is 0 Å². The van der Waals surface area contributed by atoms with Gasteiger partial charge in [-0.15, -0.1) is 5.11 Å². The Bertz CT molecular complexity index is 870. The molecule has 1 amide bonds. The van der Waals surface area contributed by atoms with Crippen molar-refractivity contribution in [1.82, 2.24) is 5.32 Å². The molecule has 0 aliphatic heterocycles. The zero-order valence-corrected chi connectivity index (χ0v) is 16.0. The minimum atomic E-state index is -1.02. The van der Waals surface area contributed by atoms with Crippen molar-refractivity contribution in [3.63, 3.8) is 0 Å². The van der Waals surface area contributed by atoms with Crippen molar-refractivity contribution < 1.29 is 24.5 Å². The van der Waals surface area contributed by atoms with Gasteiger partial charge < -0.3 is 20.3 Å². The lowest BCUT2D eigenvalue weighted by Crippen LogP contribution is -2.33. The summed E-state index contributed by atoms with van der Waals surface area (Å²) in [6, 6.07) is 10.8. The Labute approximate surface area is 162 Å². The number of azo groups is 1. The Balaban J connectivity index is 1.98. The number of benzene rings is 2. The van der Waals surface area contributed by atoms with Crippen molar-refractivity contribution in [2.45, 2.75) is 32.8 Å². The van der Waals surface area contributed by atoms with Crippen molar-refractivity contribution >= 4 is 23.4 Å². The molecule has 0 atom stereocenters. The van der Waals surface area contributed by atoms with Crippen LogP contribution in [0.15, 0.2) is 52.7 Å². The number of ether oxygens (including phenoxy) is 1. The SMILES string of the molecule is CC(C)(C)OC(=O)NCCc1ccc(O)c(N=Nc2ccc(C(=O)O)cc2)c1. The van der Waals surface area contributed by atoms with Gasteiger partial charge in [0, 0.05) is 6.54 Å². The van der Waals surface area contributed by atoms with E-state index in [1.165, 1.54) is 30.3 Å². The number of hydrogen-bond acceptors (Lipinski definition) is 6. The molecule has 0 radical (unpaired) electrons. The fourth-order valence-corrected chi connectivity index (χ4v) is 2.21. The molecule has 0 aliphatic rings. The van der Waals surface area contributed by atoms with E-state index in [-0.39, 0.29) is 17.0 Å². The van der Waals surface area contributed by atoms with Gasteiger partial charge in [-0.1, -0.05) is 6.07 Å². The summed E-state index contributed by atoms with van der Waals surface area (Å²) in [7, 11) is 0. The Morgan fingerprint density at radius 2 is 1.75 bits per heavy atom. The number of carboxylic acid groups (broad SMARTS) is 1. The molecule has 0 saturated heterocycles. The number of nitrogens with one attached hydrogen (secondary N) is 1. The first-order chi connectivity index (χ1) is 13.1. The number of phenolic OH excluding ortho intramolecular Hbond substituents is 1. The fourth-order valence-electron chi connectivity index (χ4n) is 2.21. The fraction of sp³-hybridized carbons (Fsp3) is 0.300. The van der Waals surface area contributed by atoms with Gasteiger partial charge in [0.2, 0.25) is 0 Å². The van der Waals surface area contributed by atoms with Crippen LogP contribution in [0.25, 0.3) is 0 Å². The number of aromatic hydroxyl groups is 1. The van der Waals surface area contributed by atoms with Crippen molar-refractivity contribution in [2.24, 2.45) is 10.2 Å². The van der Waals surface area contributed by atoms with Crippen LogP contribution in [0.5, 0.6) is 5.75 Å². The minimum absolute atomic E-state index is 0.0326. The molecule has 8 nitrogen and oxygen atoms in total. The smallest absolute Gasteiger partial charge is 0.407 e. The van der Waals surface area contributed by atoms with E-state index in [0.717, 1.165) is 5.56 Å². The van der Waals surface area contributed by atoms with Crippen LogP contribution in [0.4, 0.5) is 16.2 Å². The zero-order valence-electron chi connectivity index (χ0n) is 16.0. The maximum Gasteiger partial charge on any atom is 0.407 e. The van der Waals surface area contributed by atoms with Crippen LogP contribution in [0, 0.1) is 0 Å². The predicted octanol–water partition coefficient (Wildman–Crippen LogP) is 4.57. The lowest BCUT2D eigenvalue weighted by atomic mass is 10.1. The maximum atomic E-state index is 11.7. The minimum Gasteiger partial charge on any atom is -0.506 e. The molecule has 0 bridgehead atoms. The standard InChI is InChI=1S/C20H23N3O5/c1-20(2,3)28-19(27)21-11-10-13-4-9-17(24)16(12-13)23-22-15-7-5-14(6-8-15)18(25)26/h4-9,12,24H,10-11H2,1-3H3,(H,21,27)(H,25,26). The number of hydrogen-bond donors (Lipinski definition) is 3. The number of rotatable bonds is 6.